The lowest BCUT2D eigenvalue weighted by Crippen LogP contribution is -2.21. The van der Waals surface area contributed by atoms with Crippen molar-refractivity contribution in [3.05, 3.63) is 54.0 Å². The Kier molecular flexibility index (Phi) is 9.31. The SMILES string of the molecule is O=C(CCCCCCCCC(=O)Nc1cccc(F)c1)NC1=CCCC=C1. The van der Waals surface area contributed by atoms with Crippen molar-refractivity contribution < 1.29 is 14.0 Å². The highest BCUT2D eigenvalue weighted by molar-refractivity contribution is 5.90. The standard InChI is InChI=1S/C22H29FN2O2/c23-18-11-10-14-20(17-18)25-22(27)16-9-4-2-1-3-8-15-21(26)24-19-12-6-5-7-13-19/h6,10-14,17H,1-5,7-9,15-16H2,(H,24,26)(H,25,27). The summed E-state index contributed by atoms with van der Waals surface area (Å²) in [7, 11) is 0. The van der Waals surface area contributed by atoms with E-state index in [1.165, 1.54) is 12.1 Å². The number of nitrogens with one attached hydrogen (secondary N) is 2. The summed E-state index contributed by atoms with van der Waals surface area (Å²) in [5.41, 5.74) is 1.42. The molecule has 0 atom stereocenters. The van der Waals surface area contributed by atoms with Gasteiger partial charge in [0.15, 0.2) is 0 Å². The topological polar surface area (TPSA) is 58.2 Å². The molecule has 4 nitrogen and oxygen atoms in total. The number of carbonyl (C=O) groups is 2. The lowest BCUT2D eigenvalue weighted by atomic mass is 10.1. The van der Waals surface area contributed by atoms with Crippen LogP contribution in [0, 0.1) is 5.82 Å². The van der Waals surface area contributed by atoms with Crippen LogP contribution in [0.25, 0.3) is 0 Å². The van der Waals surface area contributed by atoms with Crippen molar-refractivity contribution in [3.63, 3.8) is 0 Å². The smallest absolute Gasteiger partial charge is 0.224 e. The average Bonchev–Trinajstić information content (AvgIpc) is 2.64. The lowest BCUT2D eigenvalue weighted by molar-refractivity contribution is -0.120. The third-order valence-electron chi connectivity index (χ3n) is 4.44. The monoisotopic (exact) mass is 372 g/mol. The van der Waals surface area contributed by atoms with Gasteiger partial charge in [0.1, 0.15) is 5.82 Å². The van der Waals surface area contributed by atoms with Crippen molar-refractivity contribution in [3.8, 4) is 0 Å². The molecule has 2 N–H and O–H groups in total. The molecule has 0 radical (unpaired) electrons. The molecule has 0 fully saturated rings. The molecule has 146 valence electrons. The van der Waals surface area contributed by atoms with Gasteiger partial charge >= 0.3 is 0 Å². The fourth-order valence-electron chi connectivity index (χ4n) is 3.00. The van der Waals surface area contributed by atoms with Gasteiger partial charge in [0.25, 0.3) is 0 Å². The Balaban J connectivity index is 1.44. The van der Waals surface area contributed by atoms with Crippen LogP contribution in [0.15, 0.2) is 48.2 Å². The molecule has 0 unspecified atom stereocenters. The zero-order chi connectivity index (χ0) is 19.3. The second-order valence-electron chi connectivity index (χ2n) is 6.87. The van der Waals surface area contributed by atoms with E-state index in [0.717, 1.165) is 57.1 Å². The van der Waals surface area contributed by atoms with E-state index in [1.807, 2.05) is 6.08 Å². The van der Waals surface area contributed by atoms with Gasteiger partial charge in [-0.1, -0.05) is 43.9 Å². The number of hydrogen-bond acceptors (Lipinski definition) is 2. The molecule has 27 heavy (non-hydrogen) atoms. The van der Waals surface area contributed by atoms with Crippen molar-refractivity contribution in [2.75, 3.05) is 5.32 Å². The summed E-state index contributed by atoms with van der Waals surface area (Å²) in [4.78, 5) is 23.6. The number of rotatable bonds is 11. The first kappa shape index (κ1) is 20.9. The van der Waals surface area contributed by atoms with Crippen LogP contribution in [-0.4, -0.2) is 11.8 Å². The van der Waals surface area contributed by atoms with Gasteiger partial charge in [0, 0.05) is 24.2 Å². The van der Waals surface area contributed by atoms with Crippen molar-refractivity contribution in [2.24, 2.45) is 0 Å². The summed E-state index contributed by atoms with van der Waals surface area (Å²) in [6.45, 7) is 0. The molecule has 1 aliphatic carbocycles. The van der Waals surface area contributed by atoms with Crippen LogP contribution in [0.4, 0.5) is 10.1 Å². The van der Waals surface area contributed by atoms with Gasteiger partial charge in [-0.05, 0) is 50.0 Å². The third kappa shape index (κ3) is 9.18. The molecule has 0 aliphatic heterocycles. The maximum absolute atomic E-state index is 13.1. The minimum absolute atomic E-state index is 0.0802. The Morgan fingerprint density at radius 3 is 2.19 bits per heavy atom. The maximum Gasteiger partial charge on any atom is 0.224 e. The Hall–Kier alpha value is -2.43. The van der Waals surface area contributed by atoms with Crippen LogP contribution in [0.5, 0.6) is 0 Å². The first-order valence-corrected chi connectivity index (χ1v) is 9.85. The fourth-order valence-corrected chi connectivity index (χ4v) is 3.00. The van der Waals surface area contributed by atoms with E-state index in [4.69, 9.17) is 0 Å². The summed E-state index contributed by atoms with van der Waals surface area (Å²) in [5, 5.41) is 5.64. The van der Waals surface area contributed by atoms with Gasteiger partial charge in [0.05, 0.1) is 0 Å². The number of unbranched alkanes of at least 4 members (excludes halogenated alkanes) is 5. The second kappa shape index (κ2) is 12.0. The second-order valence-corrected chi connectivity index (χ2v) is 6.87. The molecule has 0 heterocycles. The van der Waals surface area contributed by atoms with E-state index < -0.39 is 0 Å². The number of anilines is 1. The number of amides is 2. The van der Waals surface area contributed by atoms with Gasteiger partial charge in [-0.2, -0.15) is 0 Å². The first-order chi connectivity index (χ1) is 13.1. The predicted molar refractivity (Wildman–Crippen MR) is 107 cm³/mol. The molecule has 5 heteroatoms. The Morgan fingerprint density at radius 1 is 0.889 bits per heavy atom. The largest absolute Gasteiger partial charge is 0.326 e. The third-order valence-corrected chi connectivity index (χ3v) is 4.44. The summed E-state index contributed by atoms with van der Waals surface area (Å²) < 4.78 is 13.1. The average molecular weight is 372 g/mol. The summed E-state index contributed by atoms with van der Waals surface area (Å²) >= 11 is 0. The van der Waals surface area contributed by atoms with Crippen LogP contribution >= 0.6 is 0 Å². The van der Waals surface area contributed by atoms with Crippen molar-refractivity contribution in [2.45, 2.75) is 64.2 Å². The van der Waals surface area contributed by atoms with Crippen LogP contribution in [0.1, 0.15) is 64.2 Å². The molecule has 0 aromatic heterocycles. The van der Waals surface area contributed by atoms with Crippen molar-refractivity contribution in [1.29, 1.82) is 0 Å². The van der Waals surface area contributed by atoms with E-state index in [1.54, 1.807) is 12.1 Å². The molecule has 2 rings (SSSR count). The molecular formula is C22H29FN2O2. The van der Waals surface area contributed by atoms with Gasteiger partial charge in [-0.25, -0.2) is 4.39 Å². The summed E-state index contributed by atoms with van der Waals surface area (Å²) in [5.74, 6) is -0.349. The Labute approximate surface area is 160 Å². The van der Waals surface area contributed by atoms with Crippen LogP contribution in [0.3, 0.4) is 0 Å². The van der Waals surface area contributed by atoms with Gasteiger partial charge in [0.2, 0.25) is 11.8 Å². The molecule has 2 amide bonds. The van der Waals surface area contributed by atoms with Crippen LogP contribution in [0.2, 0.25) is 0 Å². The first-order valence-electron chi connectivity index (χ1n) is 9.85. The molecule has 0 bridgehead atoms. The van der Waals surface area contributed by atoms with E-state index in [0.29, 0.717) is 18.5 Å². The zero-order valence-corrected chi connectivity index (χ0v) is 15.8. The molecule has 1 aromatic carbocycles. The molecule has 0 spiro atoms. The summed E-state index contributed by atoms with van der Waals surface area (Å²) in [6, 6.07) is 5.92. The summed E-state index contributed by atoms with van der Waals surface area (Å²) in [6.07, 6.45) is 15.0. The minimum atomic E-state index is -0.353. The van der Waals surface area contributed by atoms with Crippen molar-refractivity contribution >= 4 is 17.5 Å². The van der Waals surface area contributed by atoms with Gasteiger partial charge < -0.3 is 10.6 Å². The minimum Gasteiger partial charge on any atom is -0.326 e. The normalized spacial score (nSPS) is 13.1. The molecule has 1 aromatic rings. The number of carbonyl (C=O) groups excluding carboxylic acids is 2. The zero-order valence-electron chi connectivity index (χ0n) is 15.8. The van der Waals surface area contributed by atoms with Crippen LogP contribution in [-0.2, 0) is 9.59 Å². The van der Waals surface area contributed by atoms with Gasteiger partial charge in [-0.15, -0.1) is 0 Å². The van der Waals surface area contributed by atoms with E-state index in [-0.39, 0.29) is 17.6 Å². The molecular weight excluding hydrogens is 343 g/mol. The lowest BCUT2D eigenvalue weighted by Gasteiger charge is -2.09. The Bertz CT molecular complexity index is 683. The number of halogens is 1. The van der Waals surface area contributed by atoms with Crippen LogP contribution < -0.4 is 10.6 Å². The quantitative estimate of drug-likeness (QED) is 0.522. The maximum atomic E-state index is 13.1. The molecule has 0 saturated heterocycles. The van der Waals surface area contributed by atoms with Gasteiger partial charge in [-0.3, -0.25) is 9.59 Å². The highest BCUT2D eigenvalue weighted by atomic mass is 19.1. The highest BCUT2D eigenvalue weighted by Gasteiger charge is 2.05. The number of allylic oxidation sites excluding steroid dienone is 3. The van der Waals surface area contributed by atoms with Crippen molar-refractivity contribution in [1.82, 2.24) is 5.32 Å². The van der Waals surface area contributed by atoms with E-state index in [2.05, 4.69) is 22.8 Å². The van der Waals surface area contributed by atoms with E-state index in [9.17, 15) is 14.0 Å². The van der Waals surface area contributed by atoms with E-state index >= 15 is 0 Å². The highest BCUT2D eigenvalue weighted by Crippen LogP contribution is 2.12. The predicted octanol–water partition coefficient (Wildman–Crippen LogP) is 5.24. The molecule has 0 saturated carbocycles. The molecule has 1 aliphatic rings. The number of hydrogen-bond donors (Lipinski definition) is 2. The fraction of sp³-hybridized carbons (Fsp3) is 0.455. The number of benzene rings is 1. The Morgan fingerprint density at radius 2 is 1.56 bits per heavy atom.